The Morgan fingerprint density at radius 2 is 1.53 bits per heavy atom. The Morgan fingerprint density at radius 1 is 0.833 bits per heavy atom. The summed E-state index contributed by atoms with van der Waals surface area (Å²) in [6, 6.07) is 17.2. The average Bonchev–Trinajstić information content (AvgIpc) is 3.30. The molecule has 0 radical (unpaired) electrons. The van der Waals surface area contributed by atoms with Crippen molar-refractivity contribution in [1.29, 1.82) is 0 Å². The molecule has 8 nitrogen and oxygen atoms in total. The zero-order valence-corrected chi connectivity index (χ0v) is 15.8. The molecule has 0 spiro atoms. The third-order valence-corrected chi connectivity index (χ3v) is 4.02. The Labute approximate surface area is 171 Å². The zero-order chi connectivity index (χ0) is 21.3. The van der Waals surface area contributed by atoms with Crippen molar-refractivity contribution in [3.05, 3.63) is 95.4 Å². The maximum Gasteiger partial charge on any atom is 0.339 e. The summed E-state index contributed by atoms with van der Waals surface area (Å²) < 4.78 is 10.0. The van der Waals surface area contributed by atoms with Crippen molar-refractivity contribution in [3.63, 3.8) is 0 Å². The van der Waals surface area contributed by atoms with Crippen LogP contribution in [0.15, 0.2) is 77.4 Å². The molecule has 0 aliphatic rings. The fraction of sp³-hybridized carbons (Fsp3) is 0.0909. The Bertz CT molecular complexity index is 1040. The van der Waals surface area contributed by atoms with Crippen LogP contribution in [0.2, 0.25) is 0 Å². The van der Waals surface area contributed by atoms with Gasteiger partial charge >= 0.3 is 12.0 Å². The van der Waals surface area contributed by atoms with Gasteiger partial charge in [0.15, 0.2) is 12.4 Å². The zero-order valence-electron chi connectivity index (χ0n) is 15.8. The summed E-state index contributed by atoms with van der Waals surface area (Å²) in [5.74, 6) is -1.48. The number of carbonyl (C=O) groups excluding carboxylic acids is 4. The molecule has 3 rings (SSSR count). The van der Waals surface area contributed by atoms with Gasteiger partial charge in [-0.15, -0.1) is 0 Å². The number of imide groups is 1. The number of ether oxygens (including phenoxy) is 1. The van der Waals surface area contributed by atoms with Crippen molar-refractivity contribution in [1.82, 2.24) is 10.6 Å². The van der Waals surface area contributed by atoms with E-state index in [1.54, 1.807) is 54.6 Å². The number of hydrogen-bond acceptors (Lipinski definition) is 6. The first-order valence-corrected chi connectivity index (χ1v) is 9.00. The summed E-state index contributed by atoms with van der Waals surface area (Å²) in [7, 11) is 0. The number of esters is 1. The Kier molecular flexibility index (Phi) is 6.73. The number of ketones is 1. The molecule has 152 valence electrons. The van der Waals surface area contributed by atoms with Crippen LogP contribution < -0.4 is 10.6 Å². The molecule has 30 heavy (non-hydrogen) atoms. The summed E-state index contributed by atoms with van der Waals surface area (Å²) in [6.45, 7) is -0.582. The van der Waals surface area contributed by atoms with Gasteiger partial charge in [0.1, 0.15) is 5.76 Å². The molecule has 0 saturated heterocycles. The van der Waals surface area contributed by atoms with Gasteiger partial charge in [-0.25, -0.2) is 9.59 Å². The number of amides is 3. The number of urea groups is 1. The third kappa shape index (κ3) is 5.41. The molecule has 3 aromatic rings. The summed E-state index contributed by atoms with van der Waals surface area (Å²) in [6.07, 6.45) is 1.46. The largest absolute Gasteiger partial charge is 0.467 e. The van der Waals surface area contributed by atoms with E-state index in [1.807, 2.05) is 5.32 Å². The summed E-state index contributed by atoms with van der Waals surface area (Å²) in [5, 5.41) is 4.47. The summed E-state index contributed by atoms with van der Waals surface area (Å²) >= 11 is 0. The molecule has 0 bridgehead atoms. The molecule has 1 aromatic heterocycles. The molecule has 0 aliphatic heterocycles. The monoisotopic (exact) mass is 406 g/mol. The maximum atomic E-state index is 12.7. The van der Waals surface area contributed by atoms with Gasteiger partial charge in [-0.05, 0) is 18.2 Å². The van der Waals surface area contributed by atoms with Gasteiger partial charge in [0.05, 0.1) is 18.4 Å². The van der Waals surface area contributed by atoms with Crippen LogP contribution in [0, 0.1) is 0 Å². The van der Waals surface area contributed by atoms with Crippen molar-refractivity contribution in [3.8, 4) is 0 Å². The van der Waals surface area contributed by atoms with Gasteiger partial charge < -0.3 is 14.5 Å². The minimum atomic E-state index is -0.846. The second kappa shape index (κ2) is 9.83. The van der Waals surface area contributed by atoms with Gasteiger partial charge in [-0.1, -0.05) is 48.5 Å². The lowest BCUT2D eigenvalue weighted by atomic mass is 9.98. The van der Waals surface area contributed by atoms with Gasteiger partial charge in [-0.2, -0.15) is 0 Å². The predicted molar refractivity (Wildman–Crippen MR) is 106 cm³/mol. The van der Waals surface area contributed by atoms with E-state index in [-0.39, 0.29) is 23.5 Å². The second-order valence-corrected chi connectivity index (χ2v) is 6.13. The van der Waals surface area contributed by atoms with Gasteiger partial charge in [0.2, 0.25) is 0 Å². The van der Waals surface area contributed by atoms with E-state index in [4.69, 9.17) is 9.15 Å². The number of rotatable bonds is 7. The van der Waals surface area contributed by atoms with Crippen molar-refractivity contribution in [2.75, 3.05) is 6.61 Å². The lowest BCUT2D eigenvalue weighted by Crippen LogP contribution is -2.41. The summed E-state index contributed by atoms with van der Waals surface area (Å²) in [5.41, 5.74) is 0.607. The third-order valence-electron chi connectivity index (χ3n) is 4.02. The molecular formula is C22H18N2O6. The fourth-order valence-corrected chi connectivity index (χ4v) is 2.60. The first kappa shape index (κ1) is 20.5. The first-order chi connectivity index (χ1) is 14.5. The molecule has 0 fully saturated rings. The Morgan fingerprint density at radius 3 is 2.23 bits per heavy atom. The highest BCUT2D eigenvalue weighted by molar-refractivity contribution is 6.14. The maximum absolute atomic E-state index is 12.7. The highest BCUT2D eigenvalue weighted by Crippen LogP contribution is 2.15. The standard InChI is InChI=1S/C22H18N2O6/c25-19(24-22(28)23-13-16-9-6-12-29-16)14-30-21(27)18-11-5-4-10-17(18)20(26)15-7-2-1-3-8-15/h1-12H,13-14H2,(H2,23,24,25,28). The van der Waals surface area contributed by atoms with Crippen LogP contribution in [0.5, 0.6) is 0 Å². The molecule has 1 heterocycles. The molecule has 3 amide bonds. The van der Waals surface area contributed by atoms with Crippen LogP contribution in [0.3, 0.4) is 0 Å². The lowest BCUT2D eigenvalue weighted by molar-refractivity contribution is -0.123. The molecule has 2 N–H and O–H groups in total. The molecule has 0 saturated carbocycles. The number of hydrogen-bond donors (Lipinski definition) is 2. The minimum Gasteiger partial charge on any atom is -0.467 e. The van der Waals surface area contributed by atoms with E-state index in [0.29, 0.717) is 11.3 Å². The van der Waals surface area contributed by atoms with Crippen molar-refractivity contribution >= 4 is 23.7 Å². The molecule has 0 atom stereocenters. The minimum absolute atomic E-state index is 0.0291. The van der Waals surface area contributed by atoms with Gasteiger partial charge in [-0.3, -0.25) is 14.9 Å². The van der Waals surface area contributed by atoms with Crippen molar-refractivity contribution < 1.29 is 28.3 Å². The van der Waals surface area contributed by atoms with Gasteiger partial charge in [0, 0.05) is 11.1 Å². The second-order valence-electron chi connectivity index (χ2n) is 6.13. The van der Waals surface area contributed by atoms with Crippen LogP contribution in [0.25, 0.3) is 0 Å². The molecule has 2 aromatic carbocycles. The fourth-order valence-electron chi connectivity index (χ4n) is 2.60. The number of benzene rings is 2. The highest BCUT2D eigenvalue weighted by Gasteiger charge is 2.20. The van der Waals surface area contributed by atoms with E-state index in [2.05, 4.69) is 5.32 Å². The molecule has 8 heteroatoms. The van der Waals surface area contributed by atoms with Crippen LogP contribution in [0.1, 0.15) is 32.0 Å². The van der Waals surface area contributed by atoms with Crippen LogP contribution >= 0.6 is 0 Å². The lowest BCUT2D eigenvalue weighted by Gasteiger charge is -2.09. The molecule has 0 unspecified atom stereocenters. The first-order valence-electron chi connectivity index (χ1n) is 9.00. The topological polar surface area (TPSA) is 115 Å². The Balaban J connectivity index is 1.55. The normalized spacial score (nSPS) is 10.1. The van der Waals surface area contributed by atoms with Crippen LogP contribution in [0.4, 0.5) is 4.79 Å². The average molecular weight is 406 g/mol. The van der Waals surface area contributed by atoms with Crippen molar-refractivity contribution in [2.24, 2.45) is 0 Å². The molecular weight excluding hydrogens is 388 g/mol. The SMILES string of the molecule is O=C(COC(=O)c1ccccc1C(=O)c1ccccc1)NC(=O)NCc1ccco1. The van der Waals surface area contributed by atoms with E-state index >= 15 is 0 Å². The number of carbonyl (C=O) groups is 4. The molecule has 0 aliphatic carbocycles. The summed E-state index contributed by atoms with van der Waals surface area (Å²) in [4.78, 5) is 48.6. The smallest absolute Gasteiger partial charge is 0.339 e. The van der Waals surface area contributed by atoms with Crippen LogP contribution in [-0.2, 0) is 16.1 Å². The van der Waals surface area contributed by atoms with Crippen molar-refractivity contribution in [2.45, 2.75) is 6.54 Å². The van der Waals surface area contributed by atoms with E-state index in [0.717, 1.165) is 0 Å². The number of nitrogens with one attached hydrogen (secondary N) is 2. The number of furan rings is 1. The van der Waals surface area contributed by atoms with Crippen LogP contribution in [-0.4, -0.2) is 30.3 Å². The van der Waals surface area contributed by atoms with E-state index < -0.39 is 24.5 Å². The quantitative estimate of drug-likeness (QED) is 0.461. The van der Waals surface area contributed by atoms with Gasteiger partial charge in [0.25, 0.3) is 5.91 Å². The Hall–Kier alpha value is -4.20. The highest BCUT2D eigenvalue weighted by atomic mass is 16.5. The van der Waals surface area contributed by atoms with E-state index in [1.165, 1.54) is 18.4 Å². The predicted octanol–water partition coefficient (Wildman–Crippen LogP) is 2.69. The van der Waals surface area contributed by atoms with E-state index in [9.17, 15) is 19.2 Å².